The molecule has 9 heteroatoms. The molecule has 1 saturated carbocycles. The summed E-state index contributed by atoms with van der Waals surface area (Å²) in [5, 5.41) is 0.901. The average Bonchev–Trinajstić information content (AvgIpc) is 3.68. The number of fused-ring (bicyclic) bond motifs is 3. The van der Waals surface area contributed by atoms with Gasteiger partial charge in [-0.3, -0.25) is 9.69 Å². The van der Waals surface area contributed by atoms with Gasteiger partial charge < -0.3 is 24.7 Å². The summed E-state index contributed by atoms with van der Waals surface area (Å²) in [6, 6.07) is 9.07. The second-order valence-corrected chi connectivity index (χ2v) is 12.0. The fraction of sp³-hybridized carbons (Fsp3) is 0.567. The highest BCUT2D eigenvalue weighted by Gasteiger charge is 2.46. The molecule has 2 bridgehead atoms. The summed E-state index contributed by atoms with van der Waals surface area (Å²) in [5.74, 6) is 1.57. The molecule has 9 nitrogen and oxygen atoms in total. The number of nitrogens with zero attached hydrogens (tertiary/aromatic N) is 5. The molecule has 0 unspecified atom stereocenters. The summed E-state index contributed by atoms with van der Waals surface area (Å²) >= 11 is 0. The second-order valence-electron chi connectivity index (χ2n) is 12.0. The van der Waals surface area contributed by atoms with E-state index < -0.39 is 0 Å². The third kappa shape index (κ3) is 4.55. The summed E-state index contributed by atoms with van der Waals surface area (Å²) in [6.07, 6.45) is 12.9. The molecule has 3 aliphatic heterocycles. The standard InChI is InChI=1S/C30H38N6O3/c1-34-13-14-35(17-26(34)37)21-5-7-22(8-6-21)36-16-25(27-28(31)32-19-33-29(27)36)20-3-2-4-24(15-20)38-18-30-11-9-23(39-30)10-12-30/h2-4,15-16,19,21-23H,5-14,17-18H2,1H3,(H2,31,32,33). The molecule has 3 saturated heterocycles. The smallest absolute Gasteiger partial charge is 0.236 e. The molecule has 0 atom stereocenters. The number of ether oxygens (including phenoxy) is 2. The van der Waals surface area contributed by atoms with E-state index in [4.69, 9.17) is 15.2 Å². The van der Waals surface area contributed by atoms with Crippen LogP contribution < -0.4 is 10.5 Å². The molecule has 4 fully saturated rings. The van der Waals surface area contributed by atoms with Crippen LogP contribution in [-0.2, 0) is 9.53 Å². The van der Waals surface area contributed by atoms with Crippen molar-refractivity contribution in [1.29, 1.82) is 0 Å². The Bertz CT molecular complexity index is 1370. The second kappa shape index (κ2) is 9.78. The first kappa shape index (κ1) is 24.8. The lowest BCUT2D eigenvalue weighted by Crippen LogP contribution is -2.52. The van der Waals surface area contributed by atoms with Crippen molar-refractivity contribution in [1.82, 2.24) is 24.3 Å². The Morgan fingerprint density at radius 3 is 2.62 bits per heavy atom. The Kier molecular flexibility index (Phi) is 6.23. The van der Waals surface area contributed by atoms with Gasteiger partial charge in [0, 0.05) is 44.0 Å². The van der Waals surface area contributed by atoms with Gasteiger partial charge in [-0.2, -0.15) is 0 Å². The Hall–Kier alpha value is -3.17. The molecule has 1 aromatic carbocycles. The maximum Gasteiger partial charge on any atom is 0.236 e. The summed E-state index contributed by atoms with van der Waals surface area (Å²) in [7, 11) is 1.90. The fourth-order valence-corrected chi connectivity index (χ4v) is 7.25. The molecule has 3 aromatic rings. The van der Waals surface area contributed by atoms with E-state index in [1.165, 1.54) is 0 Å². The van der Waals surface area contributed by atoms with Crippen molar-refractivity contribution in [3.8, 4) is 16.9 Å². The number of rotatable bonds is 6. The first-order chi connectivity index (χ1) is 19.0. The molecule has 5 heterocycles. The minimum atomic E-state index is -0.106. The number of anilines is 1. The Balaban J connectivity index is 1.11. The van der Waals surface area contributed by atoms with Crippen molar-refractivity contribution in [2.24, 2.45) is 0 Å². The zero-order valence-electron chi connectivity index (χ0n) is 22.7. The number of piperazine rings is 1. The maximum absolute atomic E-state index is 12.3. The predicted molar refractivity (Wildman–Crippen MR) is 149 cm³/mol. The van der Waals surface area contributed by atoms with Gasteiger partial charge in [0.25, 0.3) is 0 Å². The topological polar surface area (TPSA) is 98.7 Å². The molecule has 0 spiro atoms. The number of carbonyl (C=O) groups is 1. The van der Waals surface area contributed by atoms with Crippen LogP contribution in [0.15, 0.2) is 36.8 Å². The molecule has 7 rings (SSSR count). The van der Waals surface area contributed by atoms with Gasteiger partial charge in [-0.15, -0.1) is 0 Å². The van der Waals surface area contributed by atoms with Crippen LogP contribution in [0.25, 0.3) is 22.2 Å². The van der Waals surface area contributed by atoms with Crippen LogP contribution in [0.1, 0.15) is 57.4 Å². The van der Waals surface area contributed by atoms with E-state index in [1.807, 2.05) is 24.1 Å². The summed E-state index contributed by atoms with van der Waals surface area (Å²) in [4.78, 5) is 25.5. The number of aromatic nitrogens is 3. The van der Waals surface area contributed by atoms with Crippen LogP contribution in [0.5, 0.6) is 5.75 Å². The number of benzene rings is 1. The lowest BCUT2D eigenvalue weighted by atomic mass is 9.89. The zero-order chi connectivity index (χ0) is 26.6. The number of likely N-dealkylation sites (N-methyl/N-ethyl adjacent to an activating group) is 1. The van der Waals surface area contributed by atoms with Crippen molar-refractivity contribution in [2.75, 3.05) is 39.0 Å². The third-order valence-corrected chi connectivity index (χ3v) is 9.61. The first-order valence-electron chi connectivity index (χ1n) is 14.5. The molecular weight excluding hydrogens is 492 g/mol. The van der Waals surface area contributed by atoms with Gasteiger partial charge in [0.05, 0.1) is 18.0 Å². The highest BCUT2D eigenvalue weighted by Crippen LogP contribution is 2.44. The van der Waals surface area contributed by atoms with Crippen molar-refractivity contribution in [2.45, 2.75) is 75.2 Å². The van der Waals surface area contributed by atoms with E-state index in [1.54, 1.807) is 6.33 Å². The lowest BCUT2D eigenvalue weighted by molar-refractivity contribution is -0.135. The number of hydrogen-bond donors (Lipinski definition) is 1. The van der Waals surface area contributed by atoms with E-state index in [2.05, 4.69) is 37.8 Å². The third-order valence-electron chi connectivity index (χ3n) is 9.61. The minimum Gasteiger partial charge on any atom is -0.491 e. The molecule has 1 aliphatic carbocycles. The van der Waals surface area contributed by atoms with E-state index in [-0.39, 0.29) is 11.5 Å². The molecule has 39 heavy (non-hydrogen) atoms. The lowest BCUT2D eigenvalue weighted by Gasteiger charge is -2.40. The molecular formula is C30H38N6O3. The van der Waals surface area contributed by atoms with Gasteiger partial charge in [0.15, 0.2) is 0 Å². The number of hydrogen-bond acceptors (Lipinski definition) is 7. The Morgan fingerprint density at radius 2 is 1.87 bits per heavy atom. The number of nitrogen functional groups attached to an aromatic ring is 1. The average molecular weight is 531 g/mol. The SMILES string of the molecule is CN1CCN(C2CCC(n3cc(-c4cccc(OCC56CCC(CC5)O6)c4)c4c(N)ncnc43)CC2)CC1=O. The van der Waals surface area contributed by atoms with Gasteiger partial charge in [-0.05, 0) is 69.1 Å². The van der Waals surface area contributed by atoms with Gasteiger partial charge in [0.2, 0.25) is 5.91 Å². The van der Waals surface area contributed by atoms with Gasteiger partial charge >= 0.3 is 0 Å². The van der Waals surface area contributed by atoms with Crippen LogP contribution in [0.4, 0.5) is 5.82 Å². The van der Waals surface area contributed by atoms with Crippen LogP contribution in [0, 0.1) is 0 Å². The predicted octanol–water partition coefficient (Wildman–Crippen LogP) is 4.03. The maximum atomic E-state index is 12.3. The van der Waals surface area contributed by atoms with Crippen LogP contribution in [0.3, 0.4) is 0 Å². The van der Waals surface area contributed by atoms with Gasteiger partial charge in [-0.1, -0.05) is 12.1 Å². The molecule has 1 amide bonds. The summed E-state index contributed by atoms with van der Waals surface area (Å²) in [6.45, 7) is 2.92. The molecule has 4 aliphatic rings. The van der Waals surface area contributed by atoms with E-state index in [0.717, 1.165) is 92.4 Å². The molecule has 206 valence electrons. The van der Waals surface area contributed by atoms with Gasteiger partial charge in [-0.25, -0.2) is 9.97 Å². The van der Waals surface area contributed by atoms with Crippen LogP contribution in [0.2, 0.25) is 0 Å². The van der Waals surface area contributed by atoms with Crippen molar-refractivity contribution < 1.29 is 14.3 Å². The summed E-state index contributed by atoms with van der Waals surface area (Å²) in [5.41, 5.74) is 9.32. The normalized spacial score (nSPS) is 29.4. The van der Waals surface area contributed by atoms with E-state index in [9.17, 15) is 4.79 Å². The number of carbonyl (C=O) groups excluding carboxylic acids is 1. The monoisotopic (exact) mass is 530 g/mol. The highest BCUT2D eigenvalue weighted by atomic mass is 16.6. The van der Waals surface area contributed by atoms with E-state index >= 15 is 0 Å². The Labute approximate surface area is 229 Å². The number of amides is 1. The zero-order valence-corrected chi connectivity index (χ0v) is 22.7. The minimum absolute atomic E-state index is 0.106. The van der Waals surface area contributed by atoms with Crippen LogP contribution >= 0.6 is 0 Å². The van der Waals surface area contributed by atoms with Crippen molar-refractivity contribution >= 4 is 22.8 Å². The molecule has 0 radical (unpaired) electrons. The molecule has 2 N–H and O–H groups in total. The first-order valence-corrected chi connectivity index (χ1v) is 14.5. The largest absolute Gasteiger partial charge is 0.491 e. The molecule has 2 aromatic heterocycles. The summed E-state index contributed by atoms with van der Waals surface area (Å²) < 4.78 is 14.8. The van der Waals surface area contributed by atoms with Gasteiger partial charge in [0.1, 0.15) is 35.7 Å². The van der Waals surface area contributed by atoms with Crippen LogP contribution in [-0.4, -0.2) is 81.3 Å². The van der Waals surface area contributed by atoms with Crippen molar-refractivity contribution in [3.05, 3.63) is 36.8 Å². The van der Waals surface area contributed by atoms with E-state index in [0.29, 0.717) is 37.2 Å². The Morgan fingerprint density at radius 1 is 1.08 bits per heavy atom. The van der Waals surface area contributed by atoms with Crippen molar-refractivity contribution in [3.63, 3.8) is 0 Å². The number of nitrogens with two attached hydrogens (primary N) is 1. The highest BCUT2D eigenvalue weighted by molar-refractivity contribution is 6.00. The quantitative estimate of drug-likeness (QED) is 0.514. The fourth-order valence-electron chi connectivity index (χ4n) is 7.25.